The molecule has 0 saturated carbocycles. The molecule has 3 heteroatoms. The summed E-state index contributed by atoms with van der Waals surface area (Å²) in [4.78, 5) is 12.8. The summed E-state index contributed by atoms with van der Waals surface area (Å²) in [5.41, 5.74) is 5.52. The number of nitrogens with zero attached hydrogens (tertiary/aromatic N) is 1. The van der Waals surface area contributed by atoms with Gasteiger partial charge >= 0.3 is 0 Å². The zero-order valence-corrected chi connectivity index (χ0v) is 10.8. The van der Waals surface area contributed by atoms with Crippen molar-refractivity contribution in [1.82, 2.24) is 4.90 Å². The molecule has 3 nitrogen and oxygen atoms in total. The minimum atomic E-state index is -0.661. The van der Waals surface area contributed by atoms with E-state index in [-0.39, 0.29) is 5.91 Å². The minimum absolute atomic E-state index is 0.346. The largest absolute Gasteiger partial charge is 0.368 e. The summed E-state index contributed by atoms with van der Waals surface area (Å²) < 4.78 is 0. The molecule has 0 unspecified atom stereocenters. The topological polar surface area (TPSA) is 46.3 Å². The number of likely N-dealkylation sites (N-methyl/N-ethyl adjacent to an activating group) is 1. The quantitative estimate of drug-likeness (QED) is 0.727. The van der Waals surface area contributed by atoms with Gasteiger partial charge in [0, 0.05) is 7.05 Å². The predicted molar refractivity (Wildman–Crippen MR) is 66.3 cm³/mol. The van der Waals surface area contributed by atoms with Crippen LogP contribution in [0.5, 0.6) is 0 Å². The fourth-order valence-corrected chi connectivity index (χ4v) is 0.599. The van der Waals surface area contributed by atoms with Crippen LogP contribution in [0.1, 0.15) is 34.6 Å². The standard InChI is InChI=1S/C10H18N2O.C2H6/c1-8(2)6-7-12(5)10(3,4)9(11)13;1-2/h6-7H,1H2,2-5H3,(H2,11,13);1-2H3/b7-6-;. The minimum Gasteiger partial charge on any atom is -0.368 e. The highest BCUT2D eigenvalue weighted by molar-refractivity contribution is 5.83. The van der Waals surface area contributed by atoms with Crippen molar-refractivity contribution >= 4 is 5.91 Å². The molecule has 0 aromatic rings. The van der Waals surface area contributed by atoms with Crippen LogP contribution in [0, 0.1) is 0 Å². The molecule has 0 aliphatic heterocycles. The molecule has 0 fully saturated rings. The van der Waals surface area contributed by atoms with Crippen LogP contribution in [-0.4, -0.2) is 23.4 Å². The molecule has 0 bridgehead atoms. The third-order valence-electron chi connectivity index (χ3n) is 2.07. The Morgan fingerprint density at radius 1 is 1.40 bits per heavy atom. The molecule has 0 aromatic heterocycles. The first-order valence-corrected chi connectivity index (χ1v) is 5.15. The zero-order chi connectivity index (χ0) is 12.6. The summed E-state index contributed by atoms with van der Waals surface area (Å²) in [6.45, 7) is 13.2. The molecule has 1 amide bonds. The van der Waals surface area contributed by atoms with Gasteiger partial charge in [0.25, 0.3) is 0 Å². The Morgan fingerprint density at radius 3 is 2.07 bits per heavy atom. The number of hydrogen-bond acceptors (Lipinski definition) is 2. The zero-order valence-electron chi connectivity index (χ0n) is 10.8. The van der Waals surface area contributed by atoms with Crippen LogP contribution >= 0.6 is 0 Å². The molecule has 0 aliphatic carbocycles. The van der Waals surface area contributed by atoms with Crippen LogP contribution in [0.25, 0.3) is 0 Å². The lowest BCUT2D eigenvalue weighted by Crippen LogP contribution is -2.49. The highest BCUT2D eigenvalue weighted by Gasteiger charge is 2.27. The Kier molecular flexibility index (Phi) is 7.66. The van der Waals surface area contributed by atoms with Crippen LogP contribution in [-0.2, 0) is 4.79 Å². The molecule has 0 rings (SSSR count). The fourth-order valence-electron chi connectivity index (χ4n) is 0.599. The number of carbonyl (C=O) groups is 1. The van der Waals surface area contributed by atoms with Crippen LogP contribution in [0.4, 0.5) is 0 Å². The van der Waals surface area contributed by atoms with Gasteiger partial charge in [0.1, 0.15) is 5.54 Å². The maximum Gasteiger partial charge on any atom is 0.242 e. The number of hydrogen-bond donors (Lipinski definition) is 1. The maximum absolute atomic E-state index is 11.0. The summed E-state index contributed by atoms with van der Waals surface area (Å²) in [5, 5.41) is 0. The van der Waals surface area contributed by atoms with E-state index in [1.807, 2.05) is 33.9 Å². The average Bonchev–Trinajstić information content (AvgIpc) is 2.16. The second-order valence-electron chi connectivity index (χ2n) is 3.70. The first kappa shape index (κ1) is 16.2. The Balaban J connectivity index is 0. The van der Waals surface area contributed by atoms with E-state index in [0.717, 1.165) is 5.57 Å². The summed E-state index contributed by atoms with van der Waals surface area (Å²) in [7, 11) is 1.81. The lowest BCUT2D eigenvalue weighted by atomic mass is 10.0. The van der Waals surface area contributed by atoms with E-state index >= 15 is 0 Å². The van der Waals surface area contributed by atoms with Gasteiger partial charge in [-0.2, -0.15) is 0 Å². The first-order valence-electron chi connectivity index (χ1n) is 5.15. The lowest BCUT2D eigenvalue weighted by molar-refractivity contribution is -0.126. The number of allylic oxidation sites excluding steroid dienone is 2. The fraction of sp³-hybridized carbons (Fsp3) is 0.583. The van der Waals surface area contributed by atoms with Crippen molar-refractivity contribution in [2.45, 2.75) is 40.2 Å². The molecule has 0 radical (unpaired) electrons. The maximum atomic E-state index is 11.0. The number of carbonyl (C=O) groups excluding carboxylic acids is 1. The second kappa shape index (κ2) is 7.10. The Morgan fingerprint density at radius 2 is 1.80 bits per heavy atom. The van der Waals surface area contributed by atoms with Crippen LogP contribution in [0.2, 0.25) is 0 Å². The average molecular weight is 212 g/mol. The van der Waals surface area contributed by atoms with Crippen LogP contribution in [0.15, 0.2) is 24.4 Å². The van der Waals surface area contributed by atoms with Crippen molar-refractivity contribution < 1.29 is 4.79 Å². The SMILES string of the molecule is C=C(C)/C=C\N(C)C(C)(C)C(N)=O.CC. The lowest BCUT2D eigenvalue weighted by Gasteiger charge is -2.31. The van der Waals surface area contributed by atoms with Crippen molar-refractivity contribution in [2.75, 3.05) is 7.05 Å². The van der Waals surface area contributed by atoms with E-state index < -0.39 is 5.54 Å². The number of amides is 1. The highest BCUT2D eigenvalue weighted by Crippen LogP contribution is 2.11. The summed E-state index contributed by atoms with van der Waals surface area (Å²) >= 11 is 0. The van der Waals surface area contributed by atoms with Gasteiger partial charge in [0.05, 0.1) is 0 Å². The molecule has 0 heterocycles. The van der Waals surface area contributed by atoms with Gasteiger partial charge in [-0.25, -0.2) is 0 Å². The molecule has 15 heavy (non-hydrogen) atoms. The Hall–Kier alpha value is -1.25. The molecule has 0 atom stereocenters. The van der Waals surface area contributed by atoms with Crippen LogP contribution in [0.3, 0.4) is 0 Å². The Bertz CT molecular complexity index is 242. The number of rotatable bonds is 4. The van der Waals surface area contributed by atoms with Gasteiger partial charge in [-0.1, -0.05) is 26.0 Å². The summed E-state index contributed by atoms with van der Waals surface area (Å²) in [6.07, 6.45) is 3.64. The monoisotopic (exact) mass is 212 g/mol. The van der Waals surface area contributed by atoms with E-state index in [2.05, 4.69) is 6.58 Å². The molecule has 0 saturated heterocycles. The van der Waals surface area contributed by atoms with Crippen molar-refractivity contribution in [3.05, 3.63) is 24.4 Å². The molecular formula is C12H24N2O. The number of nitrogens with two attached hydrogens (primary N) is 1. The first-order chi connectivity index (χ1) is 6.78. The molecule has 0 aliphatic rings. The van der Waals surface area contributed by atoms with Gasteiger partial charge in [0.15, 0.2) is 0 Å². The van der Waals surface area contributed by atoms with Crippen LogP contribution < -0.4 is 5.73 Å². The smallest absolute Gasteiger partial charge is 0.242 e. The third-order valence-corrected chi connectivity index (χ3v) is 2.07. The normalized spacial score (nSPS) is 10.5. The van der Waals surface area contributed by atoms with Gasteiger partial charge < -0.3 is 10.6 Å². The molecule has 0 aromatic carbocycles. The Labute approximate surface area is 93.6 Å². The van der Waals surface area contributed by atoms with Crippen molar-refractivity contribution in [3.63, 3.8) is 0 Å². The third kappa shape index (κ3) is 5.94. The van der Waals surface area contributed by atoms with E-state index in [4.69, 9.17) is 5.73 Å². The number of primary amides is 1. The highest BCUT2D eigenvalue weighted by atomic mass is 16.1. The summed E-state index contributed by atoms with van der Waals surface area (Å²) in [6, 6.07) is 0. The van der Waals surface area contributed by atoms with Gasteiger partial charge in [-0.3, -0.25) is 4.79 Å². The van der Waals surface area contributed by atoms with E-state index in [1.165, 1.54) is 0 Å². The summed E-state index contributed by atoms with van der Waals surface area (Å²) in [5.74, 6) is -0.346. The molecule has 88 valence electrons. The molecule has 2 N–H and O–H groups in total. The van der Waals surface area contributed by atoms with Crippen molar-refractivity contribution in [2.24, 2.45) is 5.73 Å². The van der Waals surface area contributed by atoms with E-state index in [0.29, 0.717) is 0 Å². The van der Waals surface area contributed by atoms with Crippen molar-refractivity contribution in [1.29, 1.82) is 0 Å². The second-order valence-corrected chi connectivity index (χ2v) is 3.70. The van der Waals surface area contributed by atoms with E-state index in [9.17, 15) is 4.79 Å². The molecule has 0 spiro atoms. The molecular weight excluding hydrogens is 188 g/mol. The van der Waals surface area contributed by atoms with Gasteiger partial charge in [-0.15, -0.1) is 0 Å². The predicted octanol–water partition coefficient (Wildman–Crippen LogP) is 2.30. The van der Waals surface area contributed by atoms with E-state index in [1.54, 1.807) is 24.9 Å². The van der Waals surface area contributed by atoms with Gasteiger partial charge in [-0.05, 0) is 33.0 Å². The van der Waals surface area contributed by atoms with Crippen molar-refractivity contribution in [3.8, 4) is 0 Å². The van der Waals surface area contributed by atoms with Gasteiger partial charge in [0.2, 0.25) is 5.91 Å².